The molecule has 30 heavy (non-hydrogen) atoms. The number of hydrogen-bond acceptors (Lipinski definition) is 4. The summed E-state index contributed by atoms with van der Waals surface area (Å²) in [5, 5.41) is 12.4. The first-order valence-corrected chi connectivity index (χ1v) is 11.8. The fourth-order valence-electron chi connectivity index (χ4n) is 5.87. The summed E-state index contributed by atoms with van der Waals surface area (Å²) in [6.07, 6.45) is 4.66. The van der Waals surface area contributed by atoms with Gasteiger partial charge in [-0.1, -0.05) is 27.7 Å². The minimum atomic E-state index is -0.815. The number of aromatic nitrogens is 1. The fourth-order valence-corrected chi connectivity index (χ4v) is 6.51. The van der Waals surface area contributed by atoms with Crippen LogP contribution in [0.4, 0.5) is 10.5 Å². The predicted octanol–water partition coefficient (Wildman–Crippen LogP) is 5.93. The van der Waals surface area contributed by atoms with Crippen molar-refractivity contribution in [2.75, 3.05) is 31.1 Å². The number of anilines is 1. The minimum Gasteiger partial charge on any atom is -0.465 e. The third kappa shape index (κ3) is 4.48. The molecule has 2 fully saturated rings. The average molecular weight is 428 g/mol. The number of piperazine rings is 1. The molecule has 1 aliphatic carbocycles. The SMILES string of the molecule is CC1(C)CC(c2cc(-c3nccs3)ccc2N2CCN(C(=O)O)CC2)CC(C)(C)C1. The Bertz CT molecular complexity index is 883. The largest absolute Gasteiger partial charge is 0.465 e. The van der Waals surface area contributed by atoms with Gasteiger partial charge in [-0.15, -0.1) is 11.3 Å². The monoisotopic (exact) mass is 427 g/mol. The second-order valence-electron chi connectivity index (χ2n) is 10.5. The van der Waals surface area contributed by atoms with Crippen molar-refractivity contribution in [2.24, 2.45) is 10.8 Å². The number of amides is 1. The van der Waals surface area contributed by atoms with Crippen LogP contribution in [0.1, 0.15) is 58.4 Å². The highest BCUT2D eigenvalue weighted by Gasteiger charge is 2.40. The molecule has 1 saturated heterocycles. The molecule has 2 heterocycles. The fraction of sp³-hybridized carbons (Fsp3) is 0.583. The molecule has 0 bridgehead atoms. The van der Waals surface area contributed by atoms with Gasteiger partial charge in [-0.25, -0.2) is 9.78 Å². The average Bonchev–Trinajstić information content (AvgIpc) is 3.20. The Balaban J connectivity index is 1.71. The van der Waals surface area contributed by atoms with Gasteiger partial charge in [0, 0.05) is 49.0 Å². The van der Waals surface area contributed by atoms with E-state index >= 15 is 0 Å². The number of rotatable bonds is 3. The molecule has 4 rings (SSSR count). The molecule has 1 amide bonds. The van der Waals surface area contributed by atoms with Crippen molar-refractivity contribution in [3.05, 3.63) is 35.3 Å². The third-order valence-corrected chi connectivity index (χ3v) is 7.41. The highest BCUT2D eigenvalue weighted by atomic mass is 32.1. The van der Waals surface area contributed by atoms with Crippen molar-refractivity contribution >= 4 is 23.1 Å². The number of benzene rings is 1. The van der Waals surface area contributed by atoms with Crippen molar-refractivity contribution in [1.29, 1.82) is 0 Å². The van der Waals surface area contributed by atoms with Gasteiger partial charge in [0.2, 0.25) is 0 Å². The van der Waals surface area contributed by atoms with Gasteiger partial charge in [-0.3, -0.25) is 0 Å². The van der Waals surface area contributed by atoms with Crippen molar-refractivity contribution in [3.63, 3.8) is 0 Å². The van der Waals surface area contributed by atoms with Crippen LogP contribution in [0, 0.1) is 10.8 Å². The Morgan fingerprint density at radius 3 is 2.33 bits per heavy atom. The lowest BCUT2D eigenvalue weighted by molar-refractivity contribution is 0.0969. The summed E-state index contributed by atoms with van der Waals surface area (Å²) >= 11 is 1.68. The molecule has 162 valence electrons. The normalized spacial score (nSPS) is 21.6. The Labute approximate surface area is 183 Å². The summed E-state index contributed by atoms with van der Waals surface area (Å²) in [6.45, 7) is 12.2. The summed E-state index contributed by atoms with van der Waals surface area (Å²) in [4.78, 5) is 19.8. The van der Waals surface area contributed by atoms with E-state index in [-0.39, 0.29) is 0 Å². The lowest BCUT2D eigenvalue weighted by Crippen LogP contribution is -2.48. The van der Waals surface area contributed by atoms with Crippen LogP contribution in [-0.2, 0) is 0 Å². The van der Waals surface area contributed by atoms with Gasteiger partial charge in [0.1, 0.15) is 5.01 Å². The third-order valence-electron chi connectivity index (χ3n) is 6.59. The molecule has 1 aromatic heterocycles. The van der Waals surface area contributed by atoms with Crippen LogP contribution >= 0.6 is 11.3 Å². The summed E-state index contributed by atoms with van der Waals surface area (Å²) < 4.78 is 0. The number of carbonyl (C=O) groups is 1. The van der Waals surface area contributed by atoms with Gasteiger partial charge in [-0.2, -0.15) is 0 Å². The molecule has 2 aromatic rings. The first-order valence-electron chi connectivity index (χ1n) is 10.9. The molecular weight excluding hydrogens is 394 g/mol. The molecule has 0 radical (unpaired) electrons. The quantitative estimate of drug-likeness (QED) is 0.659. The van der Waals surface area contributed by atoms with Crippen LogP contribution < -0.4 is 4.90 Å². The van der Waals surface area contributed by atoms with E-state index in [0.29, 0.717) is 29.8 Å². The molecule has 6 heteroatoms. The molecule has 5 nitrogen and oxygen atoms in total. The number of thiazole rings is 1. The van der Waals surface area contributed by atoms with E-state index < -0.39 is 6.09 Å². The highest BCUT2D eigenvalue weighted by Crippen LogP contribution is 2.53. The maximum atomic E-state index is 11.3. The van der Waals surface area contributed by atoms with Crippen LogP contribution in [0.3, 0.4) is 0 Å². The first-order chi connectivity index (χ1) is 14.1. The molecule has 0 spiro atoms. The smallest absolute Gasteiger partial charge is 0.407 e. The Morgan fingerprint density at radius 2 is 1.77 bits per heavy atom. The van der Waals surface area contributed by atoms with Gasteiger partial charge in [0.25, 0.3) is 0 Å². The van der Waals surface area contributed by atoms with E-state index in [1.54, 1.807) is 11.3 Å². The summed E-state index contributed by atoms with van der Waals surface area (Å²) in [7, 11) is 0. The molecule has 1 aliphatic heterocycles. The zero-order valence-corrected chi connectivity index (χ0v) is 19.3. The van der Waals surface area contributed by atoms with E-state index in [2.05, 4.69) is 55.8 Å². The van der Waals surface area contributed by atoms with Gasteiger partial charge >= 0.3 is 6.09 Å². The first kappa shape index (κ1) is 21.2. The van der Waals surface area contributed by atoms with Gasteiger partial charge in [0.15, 0.2) is 0 Å². The van der Waals surface area contributed by atoms with E-state index in [0.717, 1.165) is 18.1 Å². The second-order valence-corrected chi connectivity index (χ2v) is 11.4. The Morgan fingerprint density at radius 1 is 1.10 bits per heavy atom. The zero-order chi connectivity index (χ0) is 21.5. The molecule has 1 saturated carbocycles. The Kier molecular flexibility index (Phi) is 5.56. The number of hydrogen-bond donors (Lipinski definition) is 1. The highest BCUT2D eigenvalue weighted by molar-refractivity contribution is 7.13. The summed E-state index contributed by atoms with van der Waals surface area (Å²) in [5.74, 6) is 0.496. The molecule has 1 N–H and O–H groups in total. The van der Waals surface area contributed by atoms with Crippen LogP contribution in [0.25, 0.3) is 10.6 Å². The minimum absolute atomic E-state index is 0.308. The van der Waals surface area contributed by atoms with Crippen LogP contribution in [0.5, 0.6) is 0 Å². The summed E-state index contributed by atoms with van der Waals surface area (Å²) in [6, 6.07) is 6.79. The molecule has 0 unspecified atom stereocenters. The van der Waals surface area contributed by atoms with Crippen LogP contribution in [0.15, 0.2) is 29.8 Å². The van der Waals surface area contributed by atoms with Crippen LogP contribution in [0.2, 0.25) is 0 Å². The zero-order valence-electron chi connectivity index (χ0n) is 18.5. The maximum Gasteiger partial charge on any atom is 0.407 e. The topological polar surface area (TPSA) is 56.7 Å². The Hall–Kier alpha value is -2.08. The van der Waals surface area contributed by atoms with Gasteiger partial charge < -0.3 is 14.9 Å². The van der Waals surface area contributed by atoms with Crippen molar-refractivity contribution < 1.29 is 9.90 Å². The number of carboxylic acid groups (broad SMARTS) is 1. The molecular formula is C24H33N3O2S. The van der Waals surface area contributed by atoms with Gasteiger partial charge in [-0.05, 0) is 59.8 Å². The van der Waals surface area contributed by atoms with E-state index in [4.69, 9.17) is 0 Å². The standard InChI is InChI=1S/C24H33N3O2S/c1-23(2)14-18(15-24(3,4)16-23)19-13-17(21-25-7-12-30-21)5-6-20(19)26-8-10-27(11-9-26)22(28)29/h5-7,12-13,18H,8-11,14-16H2,1-4H3,(H,28,29). The molecule has 2 aliphatic rings. The van der Waals surface area contributed by atoms with Gasteiger partial charge in [0.05, 0.1) is 0 Å². The molecule has 0 atom stereocenters. The maximum absolute atomic E-state index is 11.3. The van der Waals surface area contributed by atoms with Crippen molar-refractivity contribution in [3.8, 4) is 10.6 Å². The second kappa shape index (κ2) is 7.88. The van der Waals surface area contributed by atoms with E-state index in [1.165, 1.54) is 41.0 Å². The number of nitrogens with zero attached hydrogens (tertiary/aromatic N) is 3. The lowest BCUT2D eigenvalue weighted by Gasteiger charge is -2.46. The van der Waals surface area contributed by atoms with E-state index in [9.17, 15) is 9.90 Å². The van der Waals surface area contributed by atoms with Crippen molar-refractivity contribution in [2.45, 2.75) is 52.9 Å². The molecule has 1 aromatic carbocycles. The van der Waals surface area contributed by atoms with E-state index in [1.807, 2.05) is 11.6 Å². The predicted molar refractivity (Wildman–Crippen MR) is 124 cm³/mol. The van der Waals surface area contributed by atoms with Crippen molar-refractivity contribution in [1.82, 2.24) is 9.88 Å². The van der Waals surface area contributed by atoms with Crippen LogP contribution in [-0.4, -0.2) is 47.3 Å². The summed E-state index contributed by atoms with van der Waals surface area (Å²) in [5.41, 5.74) is 4.49. The lowest BCUT2D eigenvalue weighted by atomic mass is 9.60.